The smallest absolute Gasteiger partial charge is 0.144 e. The summed E-state index contributed by atoms with van der Waals surface area (Å²) in [4.78, 5) is 2.19. The molecular formula is C15H20BrF2N. The van der Waals surface area contributed by atoms with Crippen LogP contribution in [0.3, 0.4) is 0 Å². The summed E-state index contributed by atoms with van der Waals surface area (Å²) in [6.45, 7) is 7.79. The van der Waals surface area contributed by atoms with Crippen LogP contribution in [0, 0.1) is 23.5 Å². The lowest BCUT2D eigenvalue weighted by atomic mass is 9.86. The van der Waals surface area contributed by atoms with Crippen LogP contribution in [0.2, 0.25) is 0 Å². The highest BCUT2D eigenvalue weighted by atomic mass is 79.9. The van der Waals surface area contributed by atoms with Gasteiger partial charge in [0.1, 0.15) is 11.6 Å². The molecule has 0 amide bonds. The van der Waals surface area contributed by atoms with Crippen molar-refractivity contribution in [3.8, 4) is 0 Å². The molecule has 2 rings (SSSR count). The van der Waals surface area contributed by atoms with Gasteiger partial charge in [-0.15, -0.1) is 0 Å². The SMILES string of the molecule is CC1CC(C)C(C)N(Cc2c(F)ccc(Br)c2F)C1. The molecule has 0 saturated carbocycles. The second-order valence-corrected chi connectivity index (χ2v) is 6.66. The first kappa shape index (κ1) is 14.9. The average molecular weight is 332 g/mol. The standard InChI is InChI=1S/C15H20BrF2N/c1-9-6-10(2)11(3)19(7-9)8-12-14(17)5-4-13(16)15(12)18/h4-5,9-11H,6-8H2,1-3H3. The number of nitrogens with zero attached hydrogens (tertiary/aromatic N) is 1. The summed E-state index contributed by atoms with van der Waals surface area (Å²) in [5.41, 5.74) is 0.169. The molecule has 0 aromatic heterocycles. The van der Waals surface area contributed by atoms with E-state index in [1.807, 2.05) is 0 Å². The highest BCUT2D eigenvalue weighted by Gasteiger charge is 2.30. The molecule has 4 heteroatoms. The Morgan fingerprint density at radius 3 is 2.63 bits per heavy atom. The molecule has 1 aromatic rings. The molecule has 1 saturated heterocycles. The molecule has 0 spiro atoms. The Balaban J connectivity index is 2.23. The third-order valence-electron chi connectivity index (χ3n) is 4.22. The van der Waals surface area contributed by atoms with Crippen molar-refractivity contribution in [2.75, 3.05) is 6.54 Å². The van der Waals surface area contributed by atoms with E-state index in [0.717, 1.165) is 6.54 Å². The Labute approximate surface area is 122 Å². The maximum atomic E-state index is 14.0. The van der Waals surface area contributed by atoms with Gasteiger partial charge < -0.3 is 0 Å². The Kier molecular flexibility index (Phi) is 4.62. The highest BCUT2D eigenvalue weighted by Crippen LogP contribution is 2.30. The van der Waals surface area contributed by atoms with Crippen molar-refractivity contribution in [1.82, 2.24) is 4.90 Å². The van der Waals surface area contributed by atoms with Crippen molar-refractivity contribution in [3.05, 3.63) is 33.8 Å². The van der Waals surface area contributed by atoms with Gasteiger partial charge in [-0.2, -0.15) is 0 Å². The summed E-state index contributed by atoms with van der Waals surface area (Å²) in [6, 6.07) is 3.09. The summed E-state index contributed by atoms with van der Waals surface area (Å²) < 4.78 is 28.2. The molecule has 1 aliphatic rings. The lowest BCUT2D eigenvalue weighted by molar-refractivity contribution is 0.0708. The lowest BCUT2D eigenvalue weighted by Gasteiger charge is -2.41. The molecule has 106 valence electrons. The normalized spacial score (nSPS) is 28.6. The highest BCUT2D eigenvalue weighted by molar-refractivity contribution is 9.10. The van der Waals surface area contributed by atoms with E-state index in [4.69, 9.17) is 0 Å². The maximum absolute atomic E-state index is 14.0. The first-order chi connectivity index (χ1) is 8.90. The number of piperidine rings is 1. The van der Waals surface area contributed by atoms with Gasteiger partial charge in [-0.3, -0.25) is 4.90 Å². The lowest BCUT2D eigenvalue weighted by Crippen LogP contribution is -2.45. The minimum atomic E-state index is -0.474. The average Bonchev–Trinajstić information content (AvgIpc) is 2.35. The zero-order chi connectivity index (χ0) is 14.2. The van der Waals surface area contributed by atoms with Crippen LogP contribution < -0.4 is 0 Å². The molecule has 3 unspecified atom stereocenters. The van der Waals surface area contributed by atoms with Crippen LogP contribution >= 0.6 is 15.9 Å². The molecule has 1 fully saturated rings. The Hall–Kier alpha value is -0.480. The fourth-order valence-electron chi connectivity index (χ4n) is 2.96. The summed E-state index contributed by atoms with van der Waals surface area (Å²) >= 11 is 3.12. The number of likely N-dealkylation sites (tertiary alicyclic amines) is 1. The van der Waals surface area contributed by atoms with E-state index in [2.05, 4.69) is 41.6 Å². The molecule has 1 heterocycles. The Morgan fingerprint density at radius 2 is 1.95 bits per heavy atom. The number of rotatable bonds is 2. The van der Waals surface area contributed by atoms with Crippen molar-refractivity contribution in [3.63, 3.8) is 0 Å². The number of halogens is 3. The largest absolute Gasteiger partial charge is 0.296 e. The minimum absolute atomic E-state index is 0.169. The maximum Gasteiger partial charge on any atom is 0.144 e. The molecule has 1 aliphatic heterocycles. The van der Waals surface area contributed by atoms with Crippen LogP contribution in [-0.2, 0) is 6.54 Å². The van der Waals surface area contributed by atoms with E-state index in [-0.39, 0.29) is 5.56 Å². The summed E-state index contributed by atoms with van der Waals surface area (Å²) in [7, 11) is 0. The van der Waals surface area contributed by atoms with Crippen molar-refractivity contribution in [2.45, 2.75) is 39.8 Å². The van der Waals surface area contributed by atoms with Crippen molar-refractivity contribution in [1.29, 1.82) is 0 Å². The summed E-state index contributed by atoms with van der Waals surface area (Å²) in [5, 5.41) is 0. The zero-order valence-corrected chi connectivity index (χ0v) is 13.2. The van der Waals surface area contributed by atoms with Gasteiger partial charge >= 0.3 is 0 Å². The quantitative estimate of drug-likeness (QED) is 0.716. The number of hydrogen-bond donors (Lipinski definition) is 0. The number of hydrogen-bond acceptors (Lipinski definition) is 1. The molecule has 3 atom stereocenters. The van der Waals surface area contributed by atoms with Gasteiger partial charge in [-0.1, -0.05) is 13.8 Å². The first-order valence-corrected chi connectivity index (χ1v) is 7.55. The van der Waals surface area contributed by atoms with Crippen molar-refractivity contribution >= 4 is 15.9 Å². The first-order valence-electron chi connectivity index (χ1n) is 6.76. The fraction of sp³-hybridized carbons (Fsp3) is 0.600. The third kappa shape index (κ3) is 3.16. The molecule has 0 radical (unpaired) electrons. The van der Waals surface area contributed by atoms with Crippen LogP contribution in [0.15, 0.2) is 16.6 Å². The van der Waals surface area contributed by atoms with Crippen molar-refractivity contribution in [2.24, 2.45) is 11.8 Å². The zero-order valence-electron chi connectivity index (χ0n) is 11.6. The van der Waals surface area contributed by atoms with Crippen LogP contribution in [-0.4, -0.2) is 17.5 Å². The van der Waals surface area contributed by atoms with Gasteiger partial charge in [0.25, 0.3) is 0 Å². The summed E-state index contributed by atoms with van der Waals surface area (Å²) in [6.07, 6.45) is 1.18. The fourth-order valence-corrected chi connectivity index (χ4v) is 3.33. The second kappa shape index (κ2) is 5.88. The monoisotopic (exact) mass is 331 g/mol. The molecule has 0 bridgehead atoms. The van der Waals surface area contributed by atoms with Crippen LogP contribution in [0.5, 0.6) is 0 Å². The van der Waals surface area contributed by atoms with Gasteiger partial charge in [0.15, 0.2) is 0 Å². The molecule has 0 aliphatic carbocycles. The summed E-state index contributed by atoms with van der Waals surface area (Å²) in [5.74, 6) is 0.198. The van der Waals surface area contributed by atoms with Gasteiger partial charge in [0, 0.05) is 24.7 Å². The minimum Gasteiger partial charge on any atom is -0.296 e. The van der Waals surface area contributed by atoms with E-state index in [1.54, 1.807) is 0 Å². The molecule has 0 N–H and O–H groups in total. The third-order valence-corrected chi connectivity index (χ3v) is 4.83. The molecule has 1 nitrogen and oxygen atoms in total. The van der Waals surface area contributed by atoms with Crippen LogP contribution in [0.25, 0.3) is 0 Å². The number of benzene rings is 1. The second-order valence-electron chi connectivity index (χ2n) is 5.81. The topological polar surface area (TPSA) is 3.24 Å². The van der Waals surface area contributed by atoms with E-state index in [1.165, 1.54) is 18.6 Å². The molecule has 19 heavy (non-hydrogen) atoms. The van der Waals surface area contributed by atoms with Crippen molar-refractivity contribution < 1.29 is 8.78 Å². The van der Waals surface area contributed by atoms with Gasteiger partial charge in [-0.05, 0) is 53.2 Å². The van der Waals surface area contributed by atoms with E-state index in [9.17, 15) is 8.78 Å². The molecular weight excluding hydrogens is 312 g/mol. The van der Waals surface area contributed by atoms with E-state index >= 15 is 0 Å². The van der Waals surface area contributed by atoms with Gasteiger partial charge in [-0.25, -0.2) is 8.78 Å². The van der Waals surface area contributed by atoms with Gasteiger partial charge in [0.05, 0.1) is 4.47 Å². The van der Waals surface area contributed by atoms with E-state index < -0.39 is 11.6 Å². The van der Waals surface area contributed by atoms with Crippen LogP contribution in [0.1, 0.15) is 32.8 Å². The Bertz CT molecular complexity index is 464. The Morgan fingerprint density at radius 1 is 1.26 bits per heavy atom. The predicted octanol–water partition coefficient (Wildman–Crippen LogP) is 4.59. The van der Waals surface area contributed by atoms with Gasteiger partial charge in [0.2, 0.25) is 0 Å². The van der Waals surface area contributed by atoms with E-state index in [0.29, 0.717) is 28.9 Å². The predicted molar refractivity (Wildman–Crippen MR) is 76.9 cm³/mol. The van der Waals surface area contributed by atoms with Crippen LogP contribution in [0.4, 0.5) is 8.78 Å². The molecule has 1 aromatic carbocycles.